The monoisotopic (exact) mass is 742 g/mol. The van der Waals surface area contributed by atoms with Gasteiger partial charge in [0.25, 0.3) is 11.6 Å². The number of halogens is 1. The zero-order valence-electron chi connectivity index (χ0n) is 29.0. The van der Waals surface area contributed by atoms with E-state index in [0.29, 0.717) is 23.3 Å². The number of nitrogens with zero attached hydrogens (tertiary/aromatic N) is 6. The van der Waals surface area contributed by atoms with Crippen LogP contribution in [-0.2, 0) is 28.4 Å². The predicted molar refractivity (Wildman–Crippen MR) is 191 cm³/mol. The fourth-order valence-electron chi connectivity index (χ4n) is 5.53. The lowest BCUT2D eigenvalue weighted by Gasteiger charge is -2.14. The van der Waals surface area contributed by atoms with Crippen molar-refractivity contribution in [2.45, 2.75) is 52.7 Å². The van der Waals surface area contributed by atoms with E-state index in [-0.39, 0.29) is 59.8 Å². The maximum absolute atomic E-state index is 11.7. The summed E-state index contributed by atoms with van der Waals surface area (Å²) in [6.45, 7) is 21.2. The maximum Gasteiger partial charge on any atom is 0.492 e. The molecule has 2 aliphatic heterocycles. The summed E-state index contributed by atoms with van der Waals surface area (Å²) in [6, 6.07) is 6.42. The third kappa shape index (κ3) is 10.7. The molecule has 4 heterocycles. The van der Waals surface area contributed by atoms with E-state index in [2.05, 4.69) is 29.6 Å². The number of esters is 2. The number of aryl methyl sites for hydroxylation is 2. The standard InChI is InChI=1S/C17H16BN3O5.C12H15BO5.C5H2ClN3/c1-4-24-16(22)7-13-17-10(2)5-11(6-12(17)18(23)26-13)25-15-9-20-8-14(19-3)21-15;1-3-17-11(15)6-10-12-7(2)4-8(14)5-9(12)13(16)18-10;1-7-5-3-8-2-4(6)9-5/h5-6,8-9,13,23H,4,7H2,1-2H3;4-5,10,14,16H,3,6H2,1-2H3;2-3H. The first-order valence-electron chi connectivity index (χ1n) is 16.1. The van der Waals surface area contributed by atoms with Gasteiger partial charge in [-0.2, -0.15) is 0 Å². The molecular formula is C34H33B2ClN6O10. The van der Waals surface area contributed by atoms with E-state index in [0.717, 1.165) is 22.3 Å². The van der Waals surface area contributed by atoms with Gasteiger partial charge < -0.3 is 48.4 Å². The highest BCUT2D eigenvalue weighted by Crippen LogP contribution is 2.34. The Hall–Kier alpha value is -5.62. The quantitative estimate of drug-likeness (QED) is 0.133. The first kappa shape index (κ1) is 40.2. The van der Waals surface area contributed by atoms with Crippen molar-refractivity contribution in [2.75, 3.05) is 13.2 Å². The second-order valence-corrected chi connectivity index (χ2v) is 11.6. The topological polar surface area (TPSA) is 201 Å². The Balaban J connectivity index is 0.000000200. The van der Waals surface area contributed by atoms with Gasteiger partial charge in [-0.1, -0.05) is 18.1 Å². The Kier molecular flexibility index (Phi) is 14.2. The molecule has 0 aliphatic carbocycles. The molecule has 0 amide bonds. The summed E-state index contributed by atoms with van der Waals surface area (Å²) >= 11 is 5.41. The number of aromatic nitrogens is 4. The van der Waals surface area contributed by atoms with Gasteiger partial charge in [-0.25, -0.2) is 0 Å². The van der Waals surface area contributed by atoms with Crippen LogP contribution in [0.15, 0.2) is 49.1 Å². The summed E-state index contributed by atoms with van der Waals surface area (Å²) in [5, 5.41) is 29.7. The van der Waals surface area contributed by atoms with Crippen LogP contribution in [0.2, 0.25) is 5.15 Å². The number of aromatic hydroxyl groups is 1. The lowest BCUT2D eigenvalue weighted by Crippen LogP contribution is -2.28. The van der Waals surface area contributed by atoms with E-state index in [1.165, 1.54) is 30.9 Å². The fraction of sp³-hybridized carbons (Fsp3) is 0.294. The number of ether oxygens (including phenoxy) is 3. The molecule has 3 N–H and O–H groups in total. The van der Waals surface area contributed by atoms with Crippen molar-refractivity contribution < 1.29 is 48.3 Å². The number of hydrogen-bond acceptors (Lipinski definition) is 14. The Morgan fingerprint density at radius 2 is 1.32 bits per heavy atom. The number of carbonyl (C=O) groups excluding carboxylic acids is 2. The molecule has 4 aromatic rings. The van der Waals surface area contributed by atoms with Gasteiger partial charge in [0.05, 0.1) is 56.9 Å². The molecule has 53 heavy (non-hydrogen) atoms. The second kappa shape index (κ2) is 18.7. The molecule has 0 radical (unpaired) electrons. The molecule has 272 valence electrons. The molecule has 2 atom stereocenters. The minimum atomic E-state index is -1.16. The number of benzene rings is 2. The fourth-order valence-corrected chi connectivity index (χ4v) is 5.67. The van der Waals surface area contributed by atoms with E-state index in [9.17, 15) is 24.7 Å². The van der Waals surface area contributed by atoms with Gasteiger partial charge in [0.2, 0.25) is 5.15 Å². The smallest absolute Gasteiger partial charge is 0.492 e. The largest absolute Gasteiger partial charge is 0.508 e. The van der Waals surface area contributed by atoms with Gasteiger partial charge in [-0.05, 0) is 96.7 Å². The van der Waals surface area contributed by atoms with Crippen molar-refractivity contribution in [3.8, 4) is 17.4 Å². The SMILES string of the molecule is CCOC(=O)CC1OB(O)c2cc(O)cc(C)c21.[C-]#[N+]c1cncc(Cl)n1.[C-]#[N+]c1cncc(Oc2cc(C)c3c(c2)B(O)OC3CC(=O)OCC)n1. The lowest BCUT2D eigenvalue weighted by atomic mass is 9.77. The van der Waals surface area contributed by atoms with Crippen LogP contribution in [0.3, 0.4) is 0 Å². The average Bonchev–Trinajstić information content (AvgIpc) is 3.59. The number of rotatable bonds is 8. The van der Waals surface area contributed by atoms with Crippen molar-refractivity contribution in [3.63, 3.8) is 0 Å². The Bertz CT molecular complexity index is 2050. The summed E-state index contributed by atoms with van der Waals surface area (Å²) in [7, 11) is -2.27. The van der Waals surface area contributed by atoms with E-state index in [1.807, 2.05) is 6.92 Å². The van der Waals surface area contributed by atoms with E-state index in [1.54, 1.807) is 39.0 Å². The average molecular weight is 743 g/mol. The van der Waals surface area contributed by atoms with Gasteiger partial charge >= 0.3 is 32.1 Å². The predicted octanol–water partition coefficient (Wildman–Crippen LogP) is 3.93. The molecule has 0 saturated heterocycles. The molecule has 2 aromatic heterocycles. The van der Waals surface area contributed by atoms with E-state index in [4.69, 9.17) is 48.3 Å². The summed E-state index contributed by atoms with van der Waals surface area (Å²) in [6.07, 6.45) is 4.47. The Morgan fingerprint density at radius 3 is 1.83 bits per heavy atom. The molecule has 0 saturated carbocycles. The van der Waals surface area contributed by atoms with Gasteiger partial charge in [0.15, 0.2) is 0 Å². The minimum Gasteiger partial charge on any atom is -0.508 e. The van der Waals surface area contributed by atoms with Crippen LogP contribution < -0.4 is 15.7 Å². The normalized spacial score (nSPS) is 15.0. The molecule has 19 heteroatoms. The molecule has 0 spiro atoms. The van der Waals surface area contributed by atoms with Crippen LogP contribution in [0.25, 0.3) is 9.69 Å². The van der Waals surface area contributed by atoms with Crippen LogP contribution >= 0.6 is 11.6 Å². The molecule has 0 bridgehead atoms. The molecule has 0 fully saturated rings. The van der Waals surface area contributed by atoms with Gasteiger partial charge in [-0.15, -0.1) is 4.98 Å². The van der Waals surface area contributed by atoms with Crippen LogP contribution in [0, 0.1) is 27.0 Å². The number of hydrogen-bond donors (Lipinski definition) is 3. The third-order valence-corrected chi connectivity index (χ3v) is 7.70. The molecule has 2 unspecified atom stereocenters. The number of phenolic OH excluding ortho intramolecular Hbond substituents is 1. The van der Waals surface area contributed by atoms with Crippen molar-refractivity contribution in [3.05, 3.63) is 99.3 Å². The summed E-state index contributed by atoms with van der Waals surface area (Å²) in [5.74, 6) is 0.274. The van der Waals surface area contributed by atoms with Gasteiger partial charge in [0.1, 0.15) is 17.7 Å². The molecular weight excluding hydrogens is 709 g/mol. The zero-order valence-corrected chi connectivity index (χ0v) is 29.8. The van der Waals surface area contributed by atoms with E-state index < -0.39 is 26.4 Å². The highest BCUT2D eigenvalue weighted by atomic mass is 35.5. The highest BCUT2D eigenvalue weighted by molar-refractivity contribution is 6.62. The summed E-state index contributed by atoms with van der Waals surface area (Å²) < 4.78 is 26.3. The molecule has 16 nitrogen and oxygen atoms in total. The first-order chi connectivity index (χ1) is 25.4. The van der Waals surface area contributed by atoms with Gasteiger partial charge in [0, 0.05) is 0 Å². The number of phenols is 1. The van der Waals surface area contributed by atoms with Gasteiger partial charge in [-0.3, -0.25) is 19.6 Å². The second-order valence-electron chi connectivity index (χ2n) is 11.2. The molecule has 2 aromatic carbocycles. The number of fused-ring (bicyclic) bond motifs is 2. The zero-order chi connectivity index (χ0) is 38.7. The summed E-state index contributed by atoms with van der Waals surface area (Å²) in [5.41, 5.74) is 4.14. The third-order valence-electron chi connectivity index (χ3n) is 7.52. The van der Waals surface area contributed by atoms with Crippen LogP contribution in [0.4, 0.5) is 11.6 Å². The van der Waals surface area contributed by atoms with Crippen LogP contribution in [0.5, 0.6) is 17.4 Å². The lowest BCUT2D eigenvalue weighted by molar-refractivity contribution is -0.146. The summed E-state index contributed by atoms with van der Waals surface area (Å²) in [4.78, 5) is 44.6. The minimum absolute atomic E-state index is 0.0253. The molecule has 2 aliphatic rings. The van der Waals surface area contributed by atoms with Crippen molar-refractivity contribution in [2.24, 2.45) is 0 Å². The first-order valence-corrected chi connectivity index (χ1v) is 16.4. The van der Waals surface area contributed by atoms with Crippen LogP contribution in [-0.4, -0.2) is 74.5 Å². The van der Waals surface area contributed by atoms with Crippen molar-refractivity contribution in [1.29, 1.82) is 0 Å². The Morgan fingerprint density at radius 1 is 0.811 bits per heavy atom. The van der Waals surface area contributed by atoms with E-state index >= 15 is 0 Å². The number of carbonyl (C=O) groups is 2. The van der Waals surface area contributed by atoms with Crippen molar-refractivity contribution >= 4 is 60.3 Å². The maximum atomic E-state index is 11.7. The van der Waals surface area contributed by atoms with Crippen LogP contribution in [0.1, 0.15) is 61.2 Å². The Labute approximate surface area is 310 Å². The highest BCUT2D eigenvalue weighted by Gasteiger charge is 2.39. The van der Waals surface area contributed by atoms with Crippen molar-refractivity contribution in [1.82, 2.24) is 19.9 Å². The molecule has 6 rings (SSSR count).